The summed E-state index contributed by atoms with van der Waals surface area (Å²) in [5.74, 6) is 0.583. The van der Waals surface area contributed by atoms with Gasteiger partial charge < -0.3 is 33.5 Å². The van der Waals surface area contributed by atoms with Gasteiger partial charge in [0.25, 0.3) is 0 Å². The fourth-order valence-electron chi connectivity index (χ4n) is 5.93. The number of phenolic OH excluding ortho intramolecular Hbond substituents is 1. The number of ether oxygens (including phenoxy) is 6. The molecule has 0 saturated carbocycles. The minimum Gasteiger partial charge on any atom is -0.507 e. The van der Waals surface area contributed by atoms with E-state index in [1.807, 2.05) is 133 Å². The van der Waals surface area contributed by atoms with Gasteiger partial charge in [-0.05, 0) is 34.4 Å². The fourth-order valence-corrected chi connectivity index (χ4v) is 5.93. The lowest BCUT2D eigenvalue weighted by atomic mass is 9.89. The average molecular weight is 647 g/mol. The molecule has 0 radical (unpaired) electrons. The molecule has 1 aliphatic rings. The lowest BCUT2D eigenvalue weighted by Gasteiger charge is -2.46. The van der Waals surface area contributed by atoms with Crippen LogP contribution in [0.15, 0.2) is 140 Å². The van der Waals surface area contributed by atoms with Gasteiger partial charge in [0.15, 0.2) is 0 Å². The van der Waals surface area contributed by atoms with E-state index in [1.165, 1.54) is 0 Å². The summed E-state index contributed by atoms with van der Waals surface area (Å²) in [7, 11) is 1.57. The van der Waals surface area contributed by atoms with Gasteiger partial charge in [-0.1, -0.05) is 121 Å². The maximum absolute atomic E-state index is 11.3. The van der Waals surface area contributed by atoms with Crippen LogP contribution in [-0.4, -0.2) is 43.2 Å². The molecule has 0 unspecified atom stereocenters. The number of rotatable bonds is 15. The Morgan fingerprint density at radius 1 is 0.542 bits per heavy atom. The number of phenols is 1. The molecular weight excluding hydrogens is 604 g/mol. The van der Waals surface area contributed by atoms with E-state index in [2.05, 4.69) is 0 Å². The van der Waals surface area contributed by atoms with E-state index in [-0.39, 0.29) is 12.4 Å². The molecule has 248 valence electrons. The SMILES string of the molecule is COc1ccc([C@@H]2O[C@H](COCc3ccccc3)[C@H](OCc3ccccc3)[C@H](OCc3ccccc3)[C@H]2OCc2ccccc2)c(O)c1. The first kappa shape index (κ1) is 33.4. The molecule has 1 aliphatic heterocycles. The predicted octanol–water partition coefficient (Wildman–Crippen LogP) is 7.81. The molecule has 1 heterocycles. The molecule has 0 spiro atoms. The molecular formula is C41H42O7. The molecule has 5 aromatic rings. The van der Waals surface area contributed by atoms with Crippen LogP contribution >= 0.6 is 0 Å². The van der Waals surface area contributed by atoms with Gasteiger partial charge in [-0.2, -0.15) is 0 Å². The van der Waals surface area contributed by atoms with E-state index in [4.69, 9.17) is 28.4 Å². The molecule has 1 saturated heterocycles. The topological polar surface area (TPSA) is 75.6 Å². The molecule has 5 aromatic carbocycles. The quantitative estimate of drug-likeness (QED) is 0.124. The number of aromatic hydroxyl groups is 1. The van der Waals surface area contributed by atoms with Gasteiger partial charge in [0.2, 0.25) is 0 Å². The summed E-state index contributed by atoms with van der Waals surface area (Å²) in [6.45, 7) is 1.64. The van der Waals surface area contributed by atoms with E-state index in [1.54, 1.807) is 13.2 Å². The first-order valence-electron chi connectivity index (χ1n) is 16.3. The number of hydrogen-bond donors (Lipinski definition) is 1. The lowest BCUT2D eigenvalue weighted by Crippen LogP contribution is -2.58. The first-order chi connectivity index (χ1) is 23.7. The van der Waals surface area contributed by atoms with Crippen molar-refractivity contribution in [1.82, 2.24) is 0 Å². The second kappa shape index (κ2) is 17.1. The third-order valence-corrected chi connectivity index (χ3v) is 8.43. The van der Waals surface area contributed by atoms with E-state index in [0.29, 0.717) is 37.7 Å². The minimum absolute atomic E-state index is 0.0436. The molecule has 5 atom stereocenters. The van der Waals surface area contributed by atoms with E-state index in [9.17, 15) is 5.11 Å². The molecule has 0 aromatic heterocycles. The Labute approximate surface area is 282 Å². The third-order valence-electron chi connectivity index (χ3n) is 8.43. The highest BCUT2D eigenvalue weighted by Gasteiger charge is 2.49. The second-order valence-electron chi connectivity index (χ2n) is 11.8. The largest absolute Gasteiger partial charge is 0.507 e. The highest BCUT2D eigenvalue weighted by molar-refractivity contribution is 5.42. The maximum atomic E-state index is 11.3. The smallest absolute Gasteiger partial charge is 0.125 e. The van der Waals surface area contributed by atoms with Crippen molar-refractivity contribution in [2.75, 3.05) is 13.7 Å². The van der Waals surface area contributed by atoms with E-state index < -0.39 is 30.5 Å². The Morgan fingerprint density at radius 3 is 1.48 bits per heavy atom. The summed E-state index contributed by atoms with van der Waals surface area (Å²) in [4.78, 5) is 0. The number of methoxy groups -OCH3 is 1. The van der Waals surface area contributed by atoms with Crippen molar-refractivity contribution < 1.29 is 33.5 Å². The Morgan fingerprint density at radius 2 is 1.00 bits per heavy atom. The van der Waals surface area contributed by atoms with Crippen LogP contribution in [0.4, 0.5) is 0 Å². The standard InChI is InChI=1S/C41H42O7/c1-43-34-22-23-35(36(42)24-34)38-40(46-27-32-18-10-4-11-19-32)41(47-28-33-20-12-5-13-21-33)39(45-26-31-16-8-3-9-17-31)37(48-38)29-44-25-30-14-6-2-7-15-30/h2-24,37-42H,25-29H2,1H3/t37-,38+,39+,40+,41+/m1/s1. The van der Waals surface area contributed by atoms with Gasteiger partial charge >= 0.3 is 0 Å². The zero-order valence-electron chi connectivity index (χ0n) is 27.1. The van der Waals surface area contributed by atoms with E-state index >= 15 is 0 Å². The molecule has 7 heteroatoms. The number of hydrogen-bond acceptors (Lipinski definition) is 7. The van der Waals surface area contributed by atoms with Crippen molar-refractivity contribution in [1.29, 1.82) is 0 Å². The third kappa shape index (κ3) is 8.89. The second-order valence-corrected chi connectivity index (χ2v) is 11.8. The van der Waals surface area contributed by atoms with Crippen LogP contribution in [0.25, 0.3) is 0 Å². The Bertz CT molecular complexity index is 1650. The van der Waals surface area contributed by atoms with Crippen molar-refractivity contribution >= 4 is 0 Å². The molecule has 0 bridgehead atoms. The van der Waals surface area contributed by atoms with Crippen LogP contribution in [0.2, 0.25) is 0 Å². The van der Waals surface area contributed by atoms with Gasteiger partial charge in [-0.3, -0.25) is 0 Å². The summed E-state index contributed by atoms with van der Waals surface area (Å²) in [6, 6.07) is 45.3. The van der Waals surface area contributed by atoms with Crippen molar-refractivity contribution in [3.63, 3.8) is 0 Å². The molecule has 1 N–H and O–H groups in total. The monoisotopic (exact) mass is 646 g/mol. The Kier molecular flexibility index (Phi) is 11.9. The molecule has 48 heavy (non-hydrogen) atoms. The predicted molar refractivity (Wildman–Crippen MR) is 183 cm³/mol. The van der Waals surface area contributed by atoms with Gasteiger partial charge in [-0.25, -0.2) is 0 Å². The van der Waals surface area contributed by atoms with Crippen LogP contribution in [0.1, 0.15) is 33.9 Å². The van der Waals surface area contributed by atoms with Crippen molar-refractivity contribution in [2.24, 2.45) is 0 Å². The van der Waals surface area contributed by atoms with Crippen LogP contribution in [0, 0.1) is 0 Å². The van der Waals surface area contributed by atoms with Crippen LogP contribution in [0.3, 0.4) is 0 Å². The Hall–Kier alpha value is -4.50. The molecule has 0 amide bonds. The minimum atomic E-state index is -0.706. The zero-order chi connectivity index (χ0) is 33.0. The highest BCUT2D eigenvalue weighted by atomic mass is 16.6. The summed E-state index contributed by atoms with van der Waals surface area (Å²) >= 11 is 0. The van der Waals surface area contributed by atoms with Crippen LogP contribution < -0.4 is 4.74 Å². The average Bonchev–Trinajstić information content (AvgIpc) is 3.14. The van der Waals surface area contributed by atoms with Gasteiger partial charge in [0.1, 0.15) is 42.0 Å². The summed E-state index contributed by atoms with van der Waals surface area (Å²) in [5.41, 5.74) is 4.68. The molecule has 6 rings (SSSR count). The molecule has 0 aliphatic carbocycles. The summed E-state index contributed by atoms with van der Waals surface area (Å²) in [6.07, 6.45) is -3.08. The first-order valence-corrected chi connectivity index (χ1v) is 16.3. The maximum Gasteiger partial charge on any atom is 0.125 e. The van der Waals surface area contributed by atoms with Gasteiger partial charge in [-0.15, -0.1) is 0 Å². The Balaban J connectivity index is 1.36. The van der Waals surface area contributed by atoms with Gasteiger partial charge in [0.05, 0.1) is 40.1 Å². The molecule has 7 nitrogen and oxygen atoms in total. The summed E-state index contributed by atoms with van der Waals surface area (Å²) in [5, 5.41) is 11.3. The van der Waals surface area contributed by atoms with Crippen molar-refractivity contribution in [3.05, 3.63) is 167 Å². The number of benzene rings is 5. The highest BCUT2D eigenvalue weighted by Crippen LogP contribution is 2.42. The fraction of sp³-hybridized carbons (Fsp3) is 0.268. The van der Waals surface area contributed by atoms with Crippen LogP contribution in [-0.2, 0) is 50.1 Å². The molecule has 1 fully saturated rings. The normalized spacial score (nSPS) is 20.7. The van der Waals surface area contributed by atoms with Crippen molar-refractivity contribution in [2.45, 2.75) is 56.9 Å². The zero-order valence-corrected chi connectivity index (χ0v) is 27.1. The van der Waals surface area contributed by atoms with E-state index in [0.717, 1.165) is 22.3 Å². The van der Waals surface area contributed by atoms with Crippen LogP contribution in [0.5, 0.6) is 11.5 Å². The lowest BCUT2D eigenvalue weighted by molar-refractivity contribution is -0.275. The van der Waals surface area contributed by atoms with Crippen molar-refractivity contribution in [3.8, 4) is 11.5 Å². The van der Waals surface area contributed by atoms with Gasteiger partial charge in [0, 0.05) is 11.6 Å². The summed E-state index contributed by atoms with van der Waals surface area (Å²) < 4.78 is 38.8.